The van der Waals surface area contributed by atoms with Crippen molar-refractivity contribution in [2.45, 2.75) is 58.4 Å². The second-order valence-electron chi connectivity index (χ2n) is 13.8. The minimum absolute atomic E-state index is 0.0447. The molecule has 1 amide bonds. The number of nitrogens with zero attached hydrogens (tertiary/aromatic N) is 6. The Morgan fingerprint density at radius 1 is 1.00 bits per heavy atom. The average molecular weight is 679 g/mol. The van der Waals surface area contributed by atoms with Crippen molar-refractivity contribution >= 4 is 29.0 Å². The number of halogens is 3. The van der Waals surface area contributed by atoms with Crippen LogP contribution in [0.3, 0.4) is 0 Å². The van der Waals surface area contributed by atoms with Crippen LogP contribution in [0.4, 0.5) is 23.9 Å². The molecule has 11 nitrogen and oxygen atoms in total. The van der Waals surface area contributed by atoms with Crippen molar-refractivity contribution in [2.24, 2.45) is 17.8 Å². The van der Waals surface area contributed by atoms with Crippen molar-refractivity contribution in [1.29, 1.82) is 0 Å². The summed E-state index contributed by atoms with van der Waals surface area (Å²) in [7, 11) is 1.42. The molecule has 0 N–H and O–H groups in total. The van der Waals surface area contributed by atoms with Gasteiger partial charge >= 0.3 is 18.7 Å². The van der Waals surface area contributed by atoms with Gasteiger partial charge in [0.05, 0.1) is 36.6 Å². The Kier molecular flexibility index (Phi) is 8.35. The molecule has 4 heterocycles. The molecule has 2 bridgehead atoms. The van der Waals surface area contributed by atoms with Gasteiger partial charge in [0.1, 0.15) is 23.0 Å². The number of carbonyl (C=O) groups excluding carboxylic acids is 2. The summed E-state index contributed by atoms with van der Waals surface area (Å²) in [5.74, 6) is 0.394. The molecule has 0 radical (unpaired) electrons. The number of ether oxygens (including phenoxy) is 3. The van der Waals surface area contributed by atoms with E-state index in [9.17, 15) is 18.4 Å². The topological polar surface area (TPSA) is 112 Å². The summed E-state index contributed by atoms with van der Waals surface area (Å²) in [6, 6.07) is 8.65. The molecule has 1 saturated carbocycles. The average Bonchev–Trinajstić information content (AvgIpc) is 3.55. The third-order valence-corrected chi connectivity index (χ3v) is 9.57. The van der Waals surface area contributed by atoms with Gasteiger partial charge in [-0.15, -0.1) is 0 Å². The van der Waals surface area contributed by atoms with Crippen LogP contribution < -0.4 is 9.64 Å². The maximum absolute atomic E-state index is 15.8. The predicted octanol–water partition coefficient (Wildman–Crippen LogP) is 6.21. The molecule has 1 unspecified atom stereocenters. The second-order valence-corrected chi connectivity index (χ2v) is 13.8. The monoisotopic (exact) mass is 678 g/mol. The molecular formula is C35H37F3N6O5. The molecule has 2 aromatic heterocycles. The van der Waals surface area contributed by atoms with E-state index in [1.807, 2.05) is 4.57 Å². The van der Waals surface area contributed by atoms with Gasteiger partial charge in [-0.2, -0.15) is 8.78 Å². The molecular weight excluding hydrogens is 641 g/mol. The molecule has 1 aliphatic carbocycles. The molecule has 2 aromatic carbocycles. The normalized spacial score (nSPS) is 22.0. The minimum Gasteiger partial charge on any atom is -0.469 e. The first kappa shape index (κ1) is 32.7. The smallest absolute Gasteiger partial charge is 0.410 e. The molecule has 7 rings (SSSR count). The van der Waals surface area contributed by atoms with Gasteiger partial charge in [-0.3, -0.25) is 9.69 Å². The standard InChI is InChI=1S/C35H37F3N6O5/c1-35(2,3)49-34(46)43-17-27(22-7-5-6-8-28(22)48-32(37)38)44-26-11-23(24(36)12-25(26)41-29(44)18-43)21-13-39-33(40-14-21)42-15-19-9-10-20(16-42)30(19)31(45)47-4/h5-8,11-14,19-20,27,30,32H,9-10,15-18H2,1-4H3/t19-,20+,27-,30?/m0/s1. The highest BCUT2D eigenvalue weighted by Gasteiger charge is 2.47. The fraction of sp³-hybridized carbons (Fsp3) is 0.457. The quantitative estimate of drug-likeness (QED) is 0.220. The first-order valence-corrected chi connectivity index (χ1v) is 16.3. The molecule has 2 fully saturated rings. The van der Waals surface area contributed by atoms with Crippen molar-refractivity contribution in [2.75, 3.05) is 31.6 Å². The minimum atomic E-state index is -3.07. The number of rotatable bonds is 6. The lowest BCUT2D eigenvalue weighted by molar-refractivity contribution is -0.148. The van der Waals surface area contributed by atoms with Gasteiger partial charge in [0.25, 0.3) is 0 Å². The summed E-state index contributed by atoms with van der Waals surface area (Å²) in [5.41, 5.74) is 1.18. The van der Waals surface area contributed by atoms with E-state index in [-0.39, 0.29) is 48.1 Å². The van der Waals surface area contributed by atoms with Crippen LogP contribution in [0.25, 0.3) is 22.2 Å². The fourth-order valence-corrected chi connectivity index (χ4v) is 7.56. The Morgan fingerprint density at radius 2 is 1.69 bits per heavy atom. The van der Waals surface area contributed by atoms with E-state index in [2.05, 4.69) is 19.9 Å². The van der Waals surface area contributed by atoms with Crippen LogP contribution in [0, 0.1) is 23.6 Å². The molecule has 1 saturated heterocycles. The first-order chi connectivity index (χ1) is 23.4. The van der Waals surface area contributed by atoms with Crippen LogP contribution in [0.1, 0.15) is 51.0 Å². The van der Waals surface area contributed by atoms with Crippen molar-refractivity contribution < 1.29 is 37.0 Å². The maximum Gasteiger partial charge on any atom is 0.410 e. The lowest BCUT2D eigenvalue weighted by Crippen LogP contribution is -2.45. The van der Waals surface area contributed by atoms with Crippen molar-refractivity contribution in [3.8, 4) is 16.9 Å². The zero-order valence-electron chi connectivity index (χ0n) is 27.6. The number of amides is 1. The Bertz CT molecular complexity index is 1880. The number of aromatic nitrogens is 4. The van der Waals surface area contributed by atoms with Crippen LogP contribution in [0.5, 0.6) is 5.75 Å². The summed E-state index contributed by atoms with van der Waals surface area (Å²) < 4.78 is 60.1. The fourth-order valence-electron chi connectivity index (χ4n) is 7.56. The summed E-state index contributed by atoms with van der Waals surface area (Å²) in [6.07, 6.45) is 4.43. The highest BCUT2D eigenvalue weighted by molar-refractivity contribution is 5.84. The van der Waals surface area contributed by atoms with E-state index in [4.69, 9.17) is 14.2 Å². The molecule has 49 heavy (non-hydrogen) atoms. The summed E-state index contributed by atoms with van der Waals surface area (Å²) >= 11 is 0. The van der Waals surface area contributed by atoms with Crippen LogP contribution in [0.2, 0.25) is 0 Å². The Hall–Kier alpha value is -4.88. The van der Waals surface area contributed by atoms with E-state index in [0.29, 0.717) is 47.0 Å². The third-order valence-electron chi connectivity index (χ3n) is 9.57. The zero-order valence-corrected chi connectivity index (χ0v) is 27.6. The van der Waals surface area contributed by atoms with Crippen LogP contribution >= 0.6 is 0 Å². The Balaban J connectivity index is 1.24. The van der Waals surface area contributed by atoms with Gasteiger partial charge in [-0.25, -0.2) is 24.1 Å². The number of anilines is 1. The van der Waals surface area contributed by atoms with E-state index >= 15 is 4.39 Å². The Morgan fingerprint density at radius 3 is 2.35 bits per heavy atom. The molecule has 3 aliphatic rings. The maximum atomic E-state index is 15.8. The van der Waals surface area contributed by atoms with Gasteiger partial charge in [-0.05, 0) is 57.6 Å². The summed E-state index contributed by atoms with van der Waals surface area (Å²) in [6.45, 7) is 3.59. The second kappa shape index (κ2) is 12.5. The van der Waals surface area contributed by atoms with Crippen molar-refractivity contribution in [3.05, 3.63) is 66.0 Å². The predicted molar refractivity (Wildman–Crippen MR) is 173 cm³/mol. The van der Waals surface area contributed by atoms with E-state index in [1.165, 1.54) is 24.1 Å². The molecule has 0 spiro atoms. The van der Waals surface area contributed by atoms with Gasteiger partial charge in [-0.1, -0.05) is 18.2 Å². The number of esters is 1. The Labute approximate surface area is 281 Å². The van der Waals surface area contributed by atoms with Gasteiger partial charge in [0.2, 0.25) is 5.95 Å². The number of hydrogen-bond donors (Lipinski definition) is 0. The highest BCUT2D eigenvalue weighted by Crippen LogP contribution is 2.43. The van der Waals surface area contributed by atoms with Crippen LogP contribution in [-0.2, 0) is 20.8 Å². The molecule has 4 aromatic rings. The zero-order chi connectivity index (χ0) is 34.6. The summed E-state index contributed by atoms with van der Waals surface area (Å²) in [5, 5.41) is 0. The van der Waals surface area contributed by atoms with Gasteiger partial charge in [0, 0.05) is 54.8 Å². The highest BCUT2D eigenvalue weighted by atomic mass is 19.3. The number of fused-ring (bicyclic) bond motifs is 5. The van der Waals surface area contributed by atoms with Crippen molar-refractivity contribution in [1.82, 2.24) is 24.4 Å². The number of hydrogen-bond acceptors (Lipinski definition) is 9. The van der Waals surface area contributed by atoms with Crippen molar-refractivity contribution in [3.63, 3.8) is 0 Å². The number of alkyl halides is 2. The molecule has 14 heteroatoms. The molecule has 258 valence electrons. The van der Waals surface area contributed by atoms with Crippen LogP contribution in [0.15, 0.2) is 48.8 Å². The number of para-hydroxylation sites is 1. The first-order valence-electron chi connectivity index (χ1n) is 16.3. The van der Waals surface area contributed by atoms with E-state index < -0.39 is 30.2 Å². The SMILES string of the molecule is COC(=O)C1[C@@H]2CC[C@H]1CN(c1ncc(-c3cc4c(cc3F)nc3n4[C@H](c4ccccc4OC(F)F)CN(C(=O)OC(C)(C)C)C3)cn1)C2. The number of imidazole rings is 1. The largest absolute Gasteiger partial charge is 0.469 e. The van der Waals surface area contributed by atoms with Gasteiger partial charge < -0.3 is 23.7 Å². The van der Waals surface area contributed by atoms with E-state index in [1.54, 1.807) is 57.4 Å². The third kappa shape index (κ3) is 6.24. The van der Waals surface area contributed by atoms with E-state index in [0.717, 1.165) is 12.8 Å². The number of carbonyl (C=O) groups is 2. The lowest BCUT2D eigenvalue weighted by atomic mass is 9.85. The molecule has 2 aliphatic heterocycles. The number of piperidine rings is 1. The molecule has 4 atom stereocenters. The number of methoxy groups -OCH3 is 1. The van der Waals surface area contributed by atoms with Crippen LogP contribution in [-0.4, -0.2) is 75.4 Å². The summed E-state index contributed by atoms with van der Waals surface area (Å²) in [4.78, 5) is 43.0. The van der Waals surface area contributed by atoms with Gasteiger partial charge in [0.15, 0.2) is 0 Å². The lowest BCUT2D eigenvalue weighted by Gasteiger charge is -2.36. The number of benzene rings is 2.